The van der Waals surface area contributed by atoms with Gasteiger partial charge in [0, 0.05) is 15.7 Å². The van der Waals surface area contributed by atoms with Crippen molar-refractivity contribution < 1.29 is 4.74 Å². The number of hydrogen-bond donors (Lipinski definition) is 1. The van der Waals surface area contributed by atoms with Crippen molar-refractivity contribution in [2.75, 3.05) is 20.7 Å². The second-order valence-electron chi connectivity index (χ2n) is 3.77. The van der Waals surface area contributed by atoms with Crippen molar-refractivity contribution in [2.45, 2.75) is 23.0 Å². The first-order chi connectivity index (χ1) is 7.35. The van der Waals surface area contributed by atoms with E-state index in [0.29, 0.717) is 5.25 Å². The highest BCUT2D eigenvalue weighted by Crippen LogP contribution is 2.42. The minimum Gasteiger partial charge on any atom is -0.496 e. The van der Waals surface area contributed by atoms with E-state index in [1.807, 2.05) is 18.8 Å². The van der Waals surface area contributed by atoms with Crippen LogP contribution < -0.4 is 10.1 Å². The fourth-order valence-electron chi connectivity index (χ4n) is 1.96. The van der Waals surface area contributed by atoms with E-state index >= 15 is 0 Å². The molecule has 1 N–H and O–H groups in total. The van der Waals surface area contributed by atoms with Crippen molar-refractivity contribution in [1.82, 2.24) is 5.32 Å². The molecule has 2 nitrogen and oxygen atoms in total. The van der Waals surface area contributed by atoms with Gasteiger partial charge in [0.05, 0.1) is 7.11 Å². The quantitative estimate of drug-likeness (QED) is 0.846. The third-order valence-corrected chi connectivity index (χ3v) is 4.12. The van der Waals surface area contributed by atoms with E-state index in [4.69, 9.17) is 4.74 Å². The summed E-state index contributed by atoms with van der Waals surface area (Å²) in [4.78, 5) is 1.40. The van der Waals surface area contributed by atoms with Gasteiger partial charge in [0.1, 0.15) is 5.75 Å². The molecule has 0 saturated carbocycles. The Balaban J connectivity index is 2.09. The molecule has 1 atom stereocenters. The zero-order valence-corrected chi connectivity index (χ0v) is 10.1. The van der Waals surface area contributed by atoms with Gasteiger partial charge < -0.3 is 10.1 Å². The lowest BCUT2D eigenvalue weighted by Gasteiger charge is -2.07. The average Bonchev–Trinajstić information content (AvgIpc) is 2.68. The summed E-state index contributed by atoms with van der Waals surface area (Å²) in [5.41, 5.74) is 1.39. The molecule has 0 spiro atoms. The highest BCUT2D eigenvalue weighted by atomic mass is 32.2. The van der Waals surface area contributed by atoms with Crippen LogP contribution in [-0.2, 0) is 6.42 Å². The van der Waals surface area contributed by atoms with E-state index in [1.165, 1.54) is 16.9 Å². The predicted octanol–water partition coefficient (Wildman–Crippen LogP) is 2.32. The van der Waals surface area contributed by atoms with Crippen LogP contribution in [0.5, 0.6) is 5.75 Å². The van der Waals surface area contributed by atoms with Crippen LogP contribution in [0, 0.1) is 0 Å². The van der Waals surface area contributed by atoms with Crippen LogP contribution in [0.1, 0.15) is 12.0 Å². The molecule has 0 radical (unpaired) electrons. The number of ether oxygens (including phenoxy) is 1. The number of hydrogen-bond acceptors (Lipinski definition) is 3. The minimum absolute atomic E-state index is 0.712. The van der Waals surface area contributed by atoms with Crippen molar-refractivity contribution >= 4 is 11.8 Å². The number of methoxy groups -OCH3 is 1. The monoisotopic (exact) mass is 223 g/mol. The molecule has 0 fully saturated rings. The second-order valence-corrected chi connectivity index (χ2v) is 5.12. The summed E-state index contributed by atoms with van der Waals surface area (Å²) < 4.78 is 5.38. The minimum atomic E-state index is 0.712. The fourth-order valence-corrected chi connectivity index (χ4v) is 3.29. The van der Waals surface area contributed by atoms with E-state index in [1.54, 1.807) is 7.11 Å². The molecule has 1 aliphatic heterocycles. The number of nitrogens with one attached hydrogen (secondary N) is 1. The molecule has 3 heteroatoms. The molecule has 82 valence electrons. The molecule has 1 aromatic carbocycles. The molecule has 2 rings (SSSR count). The van der Waals surface area contributed by atoms with E-state index < -0.39 is 0 Å². The van der Waals surface area contributed by atoms with Crippen LogP contribution in [0.4, 0.5) is 0 Å². The maximum atomic E-state index is 5.38. The molecule has 15 heavy (non-hydrogen) atoms. The Morgan fingerprint density at radius 1 is 1.53 bits per heavy atom. The maximum absolute atomic E-state index is 5.38. The van der Waals surface area contributed by atoms with Crippen molar-refractivity contribution in [1.29, 1.82) is 0 Å². The summed E-state index contributed by atoms with van der Waals surface area (Å²) in [5, 5.41) is 3.92. The fraction of sp³-hybridized carbons (Fsp3) is 0.500. The van der Waals surface area contributed by atoms with E-state index in [9.17, 15) is 0 Å². The molecular weight excluding hydrogens is 206 g/mol. The molecule has 1 aromatic rings. The molecule has 0 aliphatic carbocycles. The van der Waals surface area contributed by atoms with E-state index in [0.717, 1.165) is 18.7 Å². The number of benzene rings is 1. The molecule has 0 saturated heterocycles. The number of fused-ring (bicyclic) bond motifs is 1. The first-order valence-corrected chi connectivity index (χ1v) is 6.20. The van der Waals surface area contributed by atoms with Gasteiger partial charge in [-0.25, -0.2) is 0 Å². The van der Waals surface area contributed by atoms with Gasteiger partial charge in [0.2, 0.25) is 0 Å². The molecule has 0 aromatic heterocycles. The van der Waals surface area contributed by atoms with Crippen LogP contribution in [0.15, 0.2) is 23.1 Å². The van der Waals surface area contributed by atoms with Crippen LogP contribution in [0.2, 0.25) is 0 Å². The van der Waals surface area contributed by atoms with Gasteiger partial charge in [-0.15, -0.1) is 11.8 Å². The zero-order chi connectivity index (χ0) is 10.7. The highest BCUT2D eigenvalue weighted by molar-refractivity contribution is 8.00. The van der Waals surface area contributed by atoms with E-state index in [2.05, 4.69) is 23.5 Å². The molecule has 0 amide bonds. The van der Waals surface area contributed by atoms with Gasteiger partial charge >= 0.3 is 0 Å². The van der Waals surface area contributed by atoms with E-state index in [-0.39, 0.29) is 0 Å². The predicted molar refractivity (Wildman–Crippen MR) is 64.9 cm³/mol. The Kier molecular flexibility index (Phi) is 3.54. The lowest BCUT2D eigenvalue weighted by Crippen LogP contribution is -2.14. The third kappa shape index (κ3) is 2.29. The van der Waals surface area contributed by atoms with Gasteiger partial charge in [-0.2, -0.15) is 0 Å². The van der Waals surface area contributed by atoms with Gasteiger partial charge in [0.15, 0.2) is 0 Å². The largest absolute Gasteiger partial charge is 0.496 e. The Labute approximate surface area is 95.4 Å². The summed E-state index contributed by atoms with van der Waals surface area (Å²) in [6.45, 7) is 1.09. The summed E-state index contributed by atoms with van der Waals surface area (Å²) in [5.74, 6) is 1.05. The van der Waals surface area contributed by atoms with Gasteiger partial charge in [0.25, 0.3) is 0 Å². The van der Waals surface area contributed by atoms with Crippen molar-refractivity contribution in [3.05, 3.63) is 23.8 Å². The number of rotatable bonds is 4. The van der Waals surface area contributed by atoms with Crippen LogP contribution >= 0.6 is 11.8 Å². The summed E-state index contributed by atoms with van der Waals surface area (Å²) in [7, 11) is 3.76. The maximum Gasteiger partial charge on any atom is 0.123 e. The summed E-state index contributed by atoms with van der Waals surface area (Å²) in [6.07, 6.45) is 2.37. The van der Waals surface area contributed by atoms with Crippen LogP contribution in [-0.4, -0.2) is 26.0 Å². The third-order valence-electron chi connectivity index (χ3n) is 2.75. The average molecular weight is 223 g/mol. The molecule has 1 aliphatic rings. The van der Waals surface area contributed by atoms with Gasteiger partial charge in [-0.05, 0) is 38.6 Å². The molecule has 1 unspecified atom stereocenters. The normalized spacial score (nSPS) is 18.9. The van der Waals surface area contributed by atoms with Crippen LogP contribution in [0.25, 0.3) is 0 Å². The summed E-state index contributed by atoms with van der Waals surface area (Å²) >= 11 is 1.99. The first-order valence-electron chi connectivity index (χ1n) is 5.32. The zero-order valence-electron chi connectivity index (χ0n) is 9.25. The molecular formula is C12H17NOS. The first kappa shape index (κ1) is 10.8. The standard InChI is InChI=1S/C12H17NOS/c1-13-7-6-9-8-10-11(14-2)4-3-5-12(10)15-9/h3-5,9,13H,6-8H2,1-2H3. The lowest BCUT2D eigenvalue weighted by atomic mass is 10.1. The topological polar surface area (TPSA) is 21.3 Å². The van der Waals surface area contributed by atoms with Crippen molar-refractivity contribution in [3.63, 3.8) is 0 Å². The Morgan fingerprint density at radius 2 is 2.40 bits per heavy atom. The Hall–Kier alpha value is -0.670. The molecule has 1 heterocycles. The van der Waals surface area contributed by atoms with Crippen molar-refractivity contribution in [2.24, 2.45) is 0 Å². The Bertz CT molecular complexity index is 340. The van der Waals surface area contributed by atoms with Crippen molar-refractivity contribution in [3.8, 4) is 5.75 Å². The second kappa shape index (κ2) is 4.90. The smallest absolute Gasteiger partial charge is 0.123 e. The van der Waals surface area contributed by atoms with Gasteiger partial charge in [-0.1, -0.05) is 6.07 Å². The highest BCUT2D eigenvalue weighted by Gasteiger charge is 2.24. The Morgan fingerprint density at radius 3 is 3.13 bits per heavy atom. The number of thioether (sulfide) groups is 1. The molecule has 0 bridgehead atoms. The SMILES string of the molecule is CNCCC1Cc2c(OC)cccc2S1. The van der Waals surface area contributed by atoms with Crippen LogP contribution in [0.3, 0.4) is 0 Å². The lowest BCUT2D eigenvalue weighted by molar-refractivity contribution is 0.408. The summed E-state index contributed by atoms with van der Waals surface area (Å²) in [6, 6.07) is 6.33. The van der Waals surface area contributed by atoms with Gasteiger partial charge in [-0.3, -0.25) is 0 Å².